The van der Waals surface area contributed by atoms with Crippen molar-refractivity contribution < 1.29 is 4.79 Å². The average Bonchev–Trinajstić information content (AvgIpc) is 3.02. The number of allylic oxidation sites excluding steroid dienone is 2. The third kappa shape index (κ3) is 2.11. The van der Waals surface area contributed by atoms with Gasteiger partial charge in [-0.2, -0.15) is 0 Å². The van der Waals surface area contributed by atoms with Gasteiger partial charge in [-0.1, -0.05) is 30.3 Å². The monoisotopic (exact) mass is 186 g/mol. The van der Waals surface area contributed by atoms with Crippen molar-refractivity contribution in [3.8, 4) is 0 Å². The number of carbonyl (C=O) groups is 1. The molecule has 0 heterocycles. The number of ketones is 1. The lowest BCUT2D eigenvalue weighted by Gasteiger charge is -1.99. The van der Waals surface area contributed by atoms with Gasteiger partial charge in [-0.05, 0) is 37.0 Å². The standard InChI is InChI=1S/C13H14O/c1-10(9-13(14)12-7-8-12)11-5-3-2-4-6-11/h2-6,9,12H,7-8H2,1H3/b10-9+. The Morgan fingerprint density at radius 3 is 2.50 bits per heavy atom. The molecule has 0 atom stereocenters. The van der Waals surface area contributed by atoms with Crippen LogP contribution in [-0.2, 0) is 4.79 Å². The van der Waals surface area contributed by atoms with E-state index in [2.05, 4.69) is 0 Å². The topological polar surface area (TPSA) is 17.1 Å². The summed E-state index contributed by atoms with van der Waals surface area (Å²) >= 11 is 0. The van der Waals surface area contributed by atoms with Gasteiger partial charge in [0.1, 0.15) is 0 Å². The van der Waals surface area contributed by atoms with Crippen molar-refractivity contribution in [2.75, 3.05) is 0 Å². The normalized spacial score (nSPS) is 16.8. The van der Waals surface area contributed by atoms with Gasteiger partial charge in [0.05, 0.1) is 0 Å². The second-order valence-corrected chi connectivity index (χ2v) is 3.87. The maximum absolute atomic E-state index is 11.5. The lowest BCUT2D eigenvalue weighted by Crippen LogP contribution is -1.95. The summed E-state index contributed by atoms with van der Waals surface area (Å²) in [6, 6.07) is 10.0. The van der Waals surface area contributed by atoms with Gasteiger partial charge < -0.3 is 0 Å². The van der Waals surface area contributed by atoms with E-state index >= 15 is 0 Å². The zero-order chi connectivity index (χ0) is 9.97. The first-order valence-corrected chi connectivity index (χ1v) is 5.05. The molecular formula is C13H14O. The van der Waals surface area contributed by atoms with Gasteiger partial charge in [-0.15, -0.1) is 0 Å². The van der Waals surface area contributed by atoms with Gasteiger partial charge in [-0.3, -0.25) is 4.79 Å². The summed E-state index contributed by atoms with van der Waals surface area (Å²) in [4.78, 5) is 11.5. The predicted molar refractivity (Wildman–Crippen MR) is 57.8 cm³/mol. The van der Waals surface area contributed by atoms with E-state index in [9.17, 15) is 4.79 Å². The molecule has 1 nitrogen and oxygen atoms in total. The molecule has 0 saturated heterocycles. The Bertz CT molecular complexity index is 358. The summed E-state index contributed by atoms with van der Waals surface area (Å²) in [5.41, 5.74) is 2.21. The van der Waals surface area contributed by atoms with E-state index in [1.807, 2.05) is 37.3 Å². The fraction of sp³-hybridized carbons (Fsp3) is 0.308. The van der Waals surface area contributed by atoms with Gasteiger partial charge in [0, 0.05) is 5.92 Å². The molecule has 1 aromatic rings. The minimum atomic E-state index is 0.298. The maximum atomic E-state index is 11.5. The van der Waals surface area contributed by atoms with Crippen LogP contribution in [0.15, 0.2) is 36.4 Å². The van der Waals surface area contributed by atoms with Crippen LogP contribution in [0.5, 0.6) is 0 Å². The Morgan fingerprint density at radius 2 is 1.93 bits per heavy atom. The number of benzene rings is 1. The van der Waals surface area contributed by atoms with Crippen LogP contribution in [0, 0.1) is 5.92 Å². The quantitative estimate of drug-likeness (QED) is 0.663. The third-order valence-electron chi connectivity index (χ3n) is 2.57. The lowest BCUT2D eigenvalue weighted by molar-refractivity contribution is -0.115. The van der Waals surface area contributed by atoms with E-state index in [0.29, 0.717) is 11.7 Å². The SMILES string of the molecule is C/C(=C\C(=O)C1CC1)c1ccccc1. The van der Waals surface area contributed by atoms with Crippen LogP contribution in [-0.4, -0.2) is 5.78 Å². The summed E-state index contributed by atoms with van der Waals surface area (Å²) in [6.45, 7) is 2.00. The molecule has 1 aliphatic rings. The molecule has 72 valence electrons. The molecular weight excluding hydrogens is 172 g/mol. The molecule has 0 aromatic heterocycles. The summed E-state index contributed by atoms with van der Waals surface area (Å²) < 4.78 is 0. The van der Waals surface area contributed by atoms with Crippen molar-refractivity contribution in [2.45, 2.75) is 19.8 Å². The van der Waals surface area contributed by atoms with E-state index in [0.717, 1.165) is 24.0 Å². The fourth-order valence-electron chi connectivity index (χ4n) is 1.48. The molecule has 0 N–H and O–H groups in total. The molecule has 2 rings (SSSR count). The van der Waals surface area contributed by atoms with Crippen molar-refractivity contribution in [3.05, 3.63) is 42.0 Å². The highest BCUT2D eigenvalue weighted by molar-refractivity contribution is 5.99. The summed E-state index contributed by atoms with van der Waals surface area (Å²) in [6.07, 6.45) is 3.95. The summed E-state index contributed by atoms with van der Waals surface area (Å²) in [7, 11) is 0. The van der Waals surface area contributed by atoms with E-state index in [-0.39, 0.29) is 0 Å². The van der Waals surface area contributed by atoms with Gasteiger partial charge >= 0.3 is 0 Å². The molecule has 1 fully saturated rings. The number of rotatable bonds is 3. The number of hydrogen-bond acceptors (Lipinski definition) is 1. The summed E-state index contributed by atoms with van der Waals surface area (Å²) in [5.74, 6) is 0.625. The number of hydrogen-bond donors (Lipinski definition) is 0. The first-order valence-electron chi connectivity index (χ1n) is 5.05. The first kappa shape index (κ1) is 9.20. The molecule has 1 heteroatoms. The molecule has 1 aliphatic carbocycles. The third-order valence-corrected chi connectivity index (χ3v) is 2.57. The molecule has 0 spiro atoms. The Kier molecular flexibility index (Phi) is 2.49. The van der Waals surface area contributed by atoms with Gasteiger partial charge in [0.15, 0.2) is 5.78 Å². The molecule has 0 bridgehead atoms. The van der Waals surface area contributed by atoms with Crippen molar-refractivity contribution in [1.82, 2.24) is 0 Å². The van der Waals surface area contributed by atoms with Gasteiger partial charge in [0.25, 0.3) is 0 Å². The molecule has 0 radical (unpaired) electrons. The zero-order valence-corrected chi connectivity index (χ0v) is 8.36. The molecule has 14 heavy (non-hydrogen) atoms. The first-order chi connectivity index (χ1) is 6.77. The van der Waals surface area contributed by atoms with Crippen molar-refractivity contribution >= 4 is 11.4 Å². The fourth-order valence-corrected chi connectivity index (χ4v) is 1.48. The van der Waals surface area contributed by atoms with Gasteiger partial charge in [-0.25, -0.2) is 0 Å². The Hall–Kier alpha value is -1.37. The highest BCUT2D eigenvalue weighted by Crippen LogP contribution is 2.31. The van der Waals surface area contributed by atoms with E-state index in [1.165, 1.54) is 0 Å². The Balaban J connectivity index is 2.14. The van der Waals surface area contributed by atoms with Crippen LogP contribution in [0.1, 0.15) is 25.3 Å². The van der Waals surface area contributed by atoms with Crippen LogP contribution < -0.4 is 0 Å². The Labute approximate surface area is 84.5 Å². The molecule has 0 amide bonds. The molecule has 1 saturated carbocycles. The van der Waals surface area contributed by atoms with Crippen LogP contribution in [0.2, 0.25) is 0 Å². The highest BCUT2D eigenvalue weighted by Gasteiger charge is 2.27. The minimum Gasteiger partial charge on any atom is -0.295 e. The summed E-state index contributed by atoms with van der Waals surface area (Å²) in [5, 5.41) is 0. The largest absolute Gasteiger partial charge is 0.295 e. The molecule has 0 aliphatic heterocycles. The van der Waals surface area contributed by atoms with Crippen molar-refractivity contribution in [2.24, 2.45) is 5.92 Å². The number of carbonyl (C=O) groups excluding carboxylic acids is 1. The smallest absolute Gasteiger partial charge is 0.159 e. The second kappa shape index (κ2) is 3.79. The second-order valence-electron chi connectivity index (χ2n) is 3.87. The van der Waals surface area contributed by atoms with Crippen LogP contribution in [0.4, 0.5) is 0 Å². The van der Waals surface area contributed by atoms with Crippen LogP contribution in [0.25, 0.3) is 5.57 Å². The lowest BCUT2D eigenvalue weighted by atomic mass is 10.1. The van der Waals surface area contributed by atoms with Gasteiger partial charge in [0.2, 0.25) is 0 Å². The highest BCUT2D eigenvalue weighted by atomic mass is 16.1. The Morgan fingerprint density at radius 1 is 1.29 bits per heavy atom. The predicted octanol–water partition coefficient (Wildman–Crippen LogP) is 3.07. The molecule has 0 unspecified atom stereocenters. The van der Waals surface area contributed by atoms with Crippen molar-refractivity contribution in [3.63, 3.8) is 0 Å². The van der Waals surface area contributed by atoms with Crippen LogP contribution in [0.3, 0.4) is 0 Å². The van der Waals surface area contributed by atoms with E-state index in [4.69, 9.17) is 0 Å². The van der Waals surface area contributed by atoms with E-state index in [1.54, 1.807) is 6.08 Å². The van der Waals surface area contributed by atoms with E-state index < -0.39 is 0 Å². The van der Waals surface area contributed by atoms with Crippen LogP contribution >= 0.6 is 0 Å². The molecule has 1 aromatic carbocycles. The maximum Gasteiger partial charge on any atom is 0.159 e. The zero-order valence-electron chi connectivity index (χ0n) is 8.36. The minimum absolute atomic E-state index is 0.298. The average molecular weight is 186 g/mol. The van der Waals surface area contributed by atoms with Crippen molar-refractivity contribution in [1.29, 1.82) is 0 Å².